The Balaban J connectivity index is 2.15. The van der Waals surface area contributed by atoms with Crippen molar-refractivity contribution in [3.63, 3.8) is 0 Å². The zero-order valence-corrected chi connectivity index (χ0v) is 11.4. The zero-order chi connectivity index (χ0) is 13.7. The van der Waals surface area contributed by atoms with E-state index in [0.29, 0.717) is 17.2 Å². The van der Waals surface area contributed by atoms with Gasteiger partial charge in [0, 0.05) is 18.2 Å². The molecule has 1 aliphatic carbocycles. The molecule has 0 saturated heterocycles. The molecule has 0 aliphatic heterocycles. The maximum atomic E-state index is 9.16. The van der Waals surface area contributed by atoms with E-state index in [1.807, 2.05) is 12.1 Å². The summed E-state index contributed by atoms with van der Waals surface area (Å²) in [6, 6.07) is 7.79. The third-order valence-corrected chi connectivity index (χ3v) is 3.48. The van der Waals surface area contributed by atoms with Crippen molar-refractivity contribution in [3.05, 3.63) is 18.2 Å². The standard InChI is InChI=1S/C15H19NO3/c1-17-12-7-13(18-2)9-14(8-12)19-15-6-4-3-5-11(15)10-16/h7-9,11,15H,3-6H2,1-2H3. The highest BCUT2D eigenvalue weighted by atomic mass is 16.5. The summed E-state index contributed by atoms with van der Waals surface area (Å²) in [5.74, 6) is 2.06. The van der Waals surface area contributed by atoms with Crippen molar-refractivity contribution in [2.45, 2.75) is 31.8 Å². The predicted molar refractivity (Wildman–Crippen MR) is 71.5 cm³/mol. The molecule has 0 radical (unpaired) electrons. The van der Waals surface area contributed by atoms with Gasteiger partial charge in [0.05, 0.1) is 26.2 Å². The summed E-state index contributed by atoms with van der Waals surface area (Å²) in [6.45, 7) is 0. The molecule has 1 aliphatic rings. The first-order valence-corrected chi connectivity index (χ1v) is 6.56. The molecular weight excluding hydrogens is 242 g/mol. The summed E-state index contributed by atoms with van der Waals surface area (Å²) in [4.78, 5) is 0. The molecule has 102 valence electrons. The molecule has 0 amide bonds. The minimum absolute atomic E-state index is 0.0223. The Morgan fingerprint density at radius 3 is 2.16 bits per heavy atom. The Morgan fingerprint density at radius 1 is 1.00 bits per heavy atom. The number of nitrogens with zero attached hydrogens (tertiary/aromatic N) is 1. The molecule has 2 unspecified atom stereocenters. The van der Waals surface area contributed by atoms with Crippen LogP contribution in [-0.2, 0) is 0 Å². The van der Waals surface area contributed by atoms with Gasteiger partial charge in [0.2, 0.25) is 0 Å². The number of nitriles is 1. The Bertz CT molecular complexity index is 445. The molecule has 1 saturated carbocycles. The average molecular weight is 261 g/mol. The van der Waals surface area contributed by atoms with Crippen LogP contribution in [-0.4, -0.2) is 20.3 Å². The van der Waals surface area contributed by atoms with Crippen molar-refractivity contribution in [3.8, 4) is 23.3 Å². The smallest absolute Gasteiger partial charge is 0.127 e. The van der Waals surface area contributed by atoms with Crippen LogP contribution >= 0.6 is 0 Å². The summed E-state index contributed by atoms with van der Waals surface area (Å²) < 4.78 is 16.4. The maximum absolute atomic E-state index is 9.16. The first-order chi connectivity index (χ1) is 9.26. The Kier molecular flexibility index (Phi) is 4.51. The Hall–Kier alpha value is -1.89. The molecule has 0 aromatic heterocycles. The van der Waals surface area contributed by atoms with Gasteiger partial charge in [-0.25, -0.2) is 0 Å². The third-order valence-electron chi connectivity index (χ3n) is 3.48. The summed E-state index contributed by atoms with van der Waals surface area (Å²) in [5, 5.41) is 9.16. The van der Waals surface area contributed by atoms with Crippen LogP contribution in [0.5, 0.6) is 17.2 Å². The molecule has 4 nitrogen and oxygen atoms in total. The van der Waals surface area contributed by atoms with E-state index in [9.17, 15) is 0 Å². The number of hydrogen-bond acceptors (Lipinski definition) is 4. The van der Waals surface area contributed by atoms with Crippen LogP contribution < -0.4 is 14.2 Å². The monoisotopic (exact) mass is 261 g/mol. The van der Waals surface area contributed by atoms with Gasteiger partial charge in [-0.05, 0) is 19.3 Å². The van der Waals surface area contributed by atoms with Crippen LogP contribution in [0.25, 0.3) is 0 Å². The molecule has 2 atom stereocenters. The quantitative estimate of drug-likeness (QED) is 0.835. The first kappa shape index (κ1) is 13.5. The topological polar surface area (TPSA) is 51.5 Å². The van der Waals surface area contributed by atoms with E-state index in [4.69, 9.17) is 19.5 Å². The van der Waals surface area contributed by atoms with E-state index in [1.165, 1.54) is 0 Å². The first-order valence-electron chi connectivity index (χ1n) is 6.56. The zero-order valence-electron chi connectivity index (χ0n) is 11.4. The van der Waals surface area contributed by atoms with Gasteiger partial charge in [-0.3, -0.25) is 0 Å². The highest BCUT2D eigenvalue weighted by molar-refractivity contribution is 5.42. The lowest BCUT2D eigenvalue weighted by Crippen LogP contribution is -2.29. The molecule has 0 heterocycles. The minimum Gasteiger partial charge on any atom is -0.496 e. The van der Waals surface area contributed by atoms with Gasteiger partial charge < -0.3 is 14.2 Å². The van der Waals surface area contributed by atoms with Gasteiger partial charge in [0.15, 0.2) is 0 Å². The van der Waals surface area contributed by atoms with Crippen LogP contribution in [0, 0.1) is 17.2 Å². The van der Waals surface area contributed by atoms with Crippen molar-refractivity contribution < 1.29 is 14.2 Å². The number of methoxy groups -OCH3 is 2. The Labute approximate surface area is 113 Å². The van der Waals surface area contributed by atoms with E-state index in [2.05, 4.69) is 6.07 Å². The van der Waals surface area contributed by atoms with Crippen molar-refractivity contribution in [2.24, 2.45) is 5.92 Å². The lowest BCUT2D eigenvalue weighted by atomic mass is 9.87. The van der Waals surface area contributed by atoms with Gasteiger partial charge in [0.1, 0.15) is 23.4 Å². The number of ether oxygens (including phenoxy) is 3. The molecule has 0 bridgehead atoms. The van der Waals surface area contributed by atoms with Crippen molar-refractivity contribution >= 4 is 0 Å². The number of rotatable bonds is 4. The van der Waals surface area contributed by atoms with Gasteiger partial charge in [-0.1, -0.05) is 6.42 Å². The average Bonchev–Trinajstić information content (AvgIpc) is 2.47. The van der Waals surface area contributed by atoms with Crippen molar-refractivity contribution in [1.82, 2.24) is 0 Å². The second kappa shape index (κ2) is 6.33. The van der Waals surface area contributed by atoms with Crippen LogP contribution in [0.4, 0.5) is 0 Å². The summed E-state index contributed by atoms with van der Waals surface area (Å²) in [7, 11) is 3.22. The van der Waals surface area contributed by atoms with E-state index in [0.717, 1.165) is 25.7 Å². The molecule has 1 fully saturated rings. The van der Waals surface area contributed by atoms with Crippen molar-refractivity contribution in [1.29, 1.82) is 5.26 Å². The van der Waals surface area contributed by atoms with Gasteiger partial charge >= 0.3 is 0 Å². The molecule has 19 heavy (non-hydrogen) atoms. The highest BCUT2D eigenvalue weighted by Gasteiger charge is 2.26. The van der Waals surface area contributed by atoms with Gasteiger partial charge in [-0.15, -0.1) is 0 Å². The highest BCUT2D eigenvalue weighted by Crippen LogP contribution is 2.32. The lowest BCUT2D eigenvalue weighted by molar-refractivity contribution is 0.119. The van der Waals surface area contributed by atoms with Gasteiger partial charge in [-0.2, -0.15) is 5.26 Å². The molecule has 0 spiro atoms. The van der Waals surface area contributed by atoms with E-state index in [-0.39, 0.29) is 12.0 Å². The fourth-order valence-corrected chi connectivity index (χ4v) is 2.41. The van der Waals surface area contributed by atoms with E-state index < -0.39 is 0 Å². The fraction of sp³-hybridized carbons (Fsp3) is 0.533. The van der Waals surface area contributed by atoms with Crippen LogP contribution in [0.3, 0.4) is 0 Å². The van der Waals surface area contributed by atoms with E-state index in [1.54, 1.807) is 20.3 Å². The Morgan fingerprint density at radius 2 is 1.58 bits per heavy atom. The van der Waals surface area contributed by atoms with E-state index >= 15 is 0 Å². The fourth-order valence-electron chi connectivity index (χ4n) is 2.41. The number of hydrogen-bond donors (Lipinski definition) is 0. The van der Waals surface area contributed by atoms with Crippen LogP contribution in [0.2, 0.25) is 0 Å². The SMILES string of the molecule is COc1cc(OC)cc(OC2CCCCC2C#N)c1. The summed E-state index contributed by atoms with van der Waals surface area (Å²) in [6.07, 6.45) is 4.04. The second-order valence-corrected chi connectivity index (χ2v) is 4.72. The normalized spacial score (nSPS) is 22.4. The molecular formula is C15H19NO3. The third kappa shape index (κ3) is 3.31. The number of benzene rings is 1. The van der Waals surface area contributed by atoms with Crippen molar-refractivity contribution in [2.75, 3.05) is 14.2 Å². The second-order valence-electron chi connectivity index (χ2n) is 4.72. The summed E-state index contributed by atoms with van der Waals surface area (Å²) in [5.41, 5.74) is 0. The lowest BCUT2D eigenvalue weighted by Gasteiger charge is -2.27. The van der Waals surface area contributed by atoms with Crippen LogP contribution in [0.15, 0.2) is 18.2 Å². The summed E-state index contributed by atoms with van der Waals surface area (Å²) >= 11 is 0. The predicted octanol–water partition coefficient (Wildman–Crippen LogP) is 3.16. The maximum Gasteiger partial charge on any atom is 0.127 e. The molecule has 1 aromatic carbocycles. The minimum atomic E-state index is -0.0319. The molecule has 2 rings (SSSR count). The molecule has 4 heteroatoms. The molecule has 1 aromatic rings. The largest absolute Gasteiger partial charge is 0.496 e. The van der Waals surface area contributed by atoms with Crippen LogP contribution in [0.1, 0.15) is 25.7 Å². The molecule has 0 N–H and O–H groups in total. The van der Waals surface area contributed by atoms with Gasteiger partial charge in [0.25, 0.3) is 0 Å².